The van der Waals surface area contributed by atoms with Gasteiger partial charge in [-0.25, -0.2) is 0 Å². The minimum absolute atomic E-state index is 0.151. The zero-order valence-corrected chi connectivity index (χ0v) is 14.3. The summed E-state index contributed by atoms with van der Waals surface area (Å²) in [5.74, 6) is 0.318. The minimum atomic E-state index is -0.151. The Hall–Kier alpha value is -2.87. The van der Waals surface area contributed by atoms with Gasteiger partial charge in [0.05, 0.1) is 5.69 Å². The topological polar surface area (TPSA) is 107 Å². The highest BCUT2D eigenvalue weighted by atomic mass is 16.1. The molecular formula is C16H25N7O. The van der Waals surface area contributed by atoms with Crippen molar-refractivity contribution in [1.82, 2.24) is 10.2 Å². The molecular weight excluding hydrogens is 306 g/mol. The van der Waals surface area contributed by atoms with E-state index in [0.29, 0.717) is 30.3 Å². The second-order valence-corrected chi connectivity index (χ2v) is 4.96. The number of hydrogen-bond acceptors (Lipinski definition) is 7. The molecule has 5 N–H and O–H groups in total. The number of nitrogens with zero attached hydrogens (tertiary/aromatic N) is 3. The van der Waals surface area contributed by atoms with Crippen LogP contribution in [-0.2, 0) is 4.79 Å². The van der Waals surface area contributed by atoms with Crippen LogP contribution in [0.25, 0.3) is 0 Å². The summed E-state index contributed by atoms with van der Waals surface area (Å²) in [6, 6.07) is 5.35. The lowest BCUT2D eigenvalue weighted by atomic mass is 10.2. The summed E-state index contributed by atoms with van der Waals surface area (Å²) >= 11 is 0. The second-order valence-electron chi connectivity index (χ2n) is 4.96. The van der Waals surface area contributed by atoms with E-state index in [1.807, 2.05) is 13.1 Å². The lowest BCUT2D eigenvalue weighted by Gasteiger charge is -2.13. The van der Waals surface area contributed by atoms with Gasteiger partial charge in [-0.1, -0.05) is 6.58 Å². The van der Waals surface area contributed by atoms with Crippen molar-refractivity contribution in [2.75, 3.05) is 37.8 Å². The third-order valence-corrected chi connectivity index (χ3v) is 2.92. The van der Waals surface area contributed by atoms with E-state index in [9.17, 15) is 4.79 Å². The van der Waals surface area contributed by atoms with Crippen LogP contribution in [0.4, 0.5) is 17.1 Å². The van der Waals surface area contributed by atoms with Crippen LogP contribution >= 0.6 is 0 Å². The van der Waals surface area contributed by atoms with Crippen molar-refractivity contribution in [3.63, 3.8) is 0 Å². The lowest BCUT2D eigenvalue weighted by Crippen LogP contribution is -2.13. The first-order valence-electron chi connectivity index (χ1n) is 7.51. The molecule has 0 unspecified atom stereocenters. The van der Waals surface area contributed by atoms with Crippen molar-refractivity contribution in [3.8, 4) is 0 Å². The second kappa shape index (κ2) is 10.0. The van der Waals surface area contributed by atoms with Gasteiger partial charge in [0.15, 0.2) is 0 Å². The zero-order chi connectivity index (χ0) is 17.9. The SMILES string of the molecule is C=C(N=Nc1cc(NC(C)=O)ccc1NCCN)N(C)/C=C\NC. The third-order valence-electron chi connectivity index (χ3n) is 2.92. The molecule has 0 aliphatic rings. The fourth-order valence-corrected chi connectivity index (χ4v) is 1.71. The largest absolute Gasteiger partial charge is 0.393 e. The van der Waals surface area contributed by atoms with E-state index >= 15 is 0 Å². The summed E-state index contributed by atoms with van der Waals surface area (Å²) < 4.78 is 0. The molecule has 0 saturated carbocycles. The maximum atomic E-state index is 11.2. The van der Waals surface area contributed by atoms with Crippen molar-refractivity contribution in [2.45, 2.75) is 6.92 Å². The van der Waals surface area contributed by atoms with Crippen LogP contribution in [-0.4, -0.2) is 38.0 Å². The van der Waals surface area contributed by atoms with Gasteiger partial charge in [-0.15, -0.1) is 10.2 Å². The van der Waals surface area contributed by atoms with Crippen LogP contribution in [0.5, 0.6) is 0 Å². The number of nitrogens with two attached hydrogens (primary N) is 1. The monoisotopic (exact) mass is 331 g/mol. The number of benzene rings is 1. The molecule has 0 atom stereocenters. The molecule has 0 heterocycles. The van der Waals surface area contributed by atoms with Gasteiger partial charge in [-0.2, -0.15) is 0 Å². The molecule has 0 aliphatic carbocycles. The van der Waals surface area contributed by atoms with E-state index in [1.165, 1.54) is 6.92 Å². The summed E-state index contributed by atoms with van der Waals surface area (Å²) in [6.45, 7) is 6.41. The first-order chi connectivity index (χ1) is 11.5. The van der Waals surface area contributed by atoms with Crippen LogP contribution in [0.15, 0.2) is 53.2 Å². The fraction of sp³-hybridized carbons (Fsp3) is 0.312. The number of azo groups is 1. The normalized spacial score (nSPS) is 10.8. The molecule has 8 heteroatoms. The molecule has 1 rings (SSSR count). The van der Waals surface area contributed by atoms with Crippen LogP contribution < -0.4 is 21.7 Å². The molecule has 1 amide bonds. The molecule has 1 aromatic carbocycles. The molecule has 0 aliphatic heterocycles. The summed E-state index contributed by atoms with van der Waals surface area (Å²) in [4.78, 5) is 12.9. The van der Waals surface area contributed by atoms with E-state index in [4.69, 9.17) is 5.73 Å². The summed E-state index contributed by atoms with van der Waals surface area (Å²) in [6.07, 6.45) is 3.54. The van der Waals surface area contributed by atoms with Gasteiger partial charge in [0.25, 0.3) is 0 Å². The molecule has 0 saturated heterocycles. The van der Waals surface area contributed by atoms with Crippen molar-refractivity contribution < 1.29 is 4.79 Å². The van der Waals surface area contributed by atoms with Gasteiger partial charge in [-0.05, 0) is 18.2 Å². The molecule has 0 spiro atoms. The minimum Gasteiger partial charge on any atom is -0.393 e. The quantitative estimate of drug-likeness (QED) is 0.519. The number of anilines is 2. The van der Waals surface area contributed by atoms with Gasteiger partial charge < -0.3 is 26.6 Å². The summed E-state index contributed by atoms with van der Waals surface area (Å²) in [5.41, 5.74) is 7.53. The fourth-order valence-electron chi connectivity index (χ4n) is 1.71. The summed E-state index contributed by atoms with van der Waals surface area (Å²) in [5, 5.41) is 17.1. The average molecular weight is 331 g/mol. The van der Waals surface area contributed by atoms with Gasteiger partial charge in [-0.3, -0.25) is 4.79 Å². The lowest BCUT2D eigenvalue weighted by molar-refractivity contribution is -0.114. The van der Waals surface area contributed by atoms with E-state index in [0.717, 1.165) is 5.69 Å². The standard InChI is InChI=1S/C16H25N7O/c1-12(23(4)10-9-18-3)21-22-16-11-14(20-13(2)24)5-6-15(16)19-8-7-17/h5-6,9-11,18-19H,1,7-8,17H2,2-4H3,(H,20,24)/b10-9-,22-21?. The van der Waals surface area contributed by atoms with Crippen molar-refractivity contribution >= 4 is 23.0 Å². The molecule has 1 aromatic rings. The Balaban J connectivity index is 2.99. The number of rotatable bonds is 9. The number of hydrogen-bond donors (Lipinski definition) is 4. The Kier molecular flexibility index (Phi) is 8.00. The average Bonchev–Trinajstić information content (AvgIpc) is 2.55. The molecule has 0 radical (unpaired) electrons. The highest BCUT2D eigenvalue weighted by Gasteiger charge is 2.05. The molecule has 24 heavy (non-hydrogen) atoms. The highest BCUT2D eigenvalue weighted by Crippen LogP contribution is 2.29. The van der Waals surface area contributed by atoms with E-state index in [2.05, 4.69) is 32.8 Å². The van der Waals surface area contributed by atoms with Crippen LogP contribution in [0, 0.1) is 0 Å². The van der Waals surface area contributed by atoms with Gasteiger partial charge in [0.1, 0.15) is 11.5 Å². The van der Waals surface area contributed by atoms with Crippen LogP contribution in [0.2, 0.25) is 0 Å². The van der Waals surface area contributed by atoms with Gasteiger partial charge in [0, 0.05) is 52.2 Å². The van der Waals surface area contributed by atoms with Crippen LogP contribution in [0.3, 0.4) is 0 Å². The maximum absolute atomic E-state index is 11.2. The first kappa shape index (κ1) is 19.2. The van der Waals surface area contributed by atoms with E-state index in [1.54, 1.807) is 36.5 Å². The number of carbonyl (C=O) groups is 1. The van der Waals surface area contributed by atoms with E-state index < -0.39 is 0 Å². The Labute approximate surface area is 142 Å². The molecule has 130 valence electrons. The molecule has 0 aromatic heterocycles. The molecule has 0 fully saturated rings. The predicted octanol–water partition coefficient (Wildman–Crippen LogP) is 2.19. The van der Waals surface area contributed by atoms with Crippen LogP contribution in [0.1, 0.15) is 6.92 Å². The van der Waals surface area contributed by atoms with E-state index in [-0.39, 0.29) is 5.91 Å². The Morgan fingerprint density at radius 1 is 1.46 bits per heavy atom. The van der Waals surface area contributed by atoms with Crippen molar-refractivity contribution in [1.29, 1.82) is 0 Å². The Morgan fingerprint density at radius 2 is 2.21 bits per heavy atom. The molecule has 0 bridgehead atoms. The predicted molar refractivity (Wildman–Crippen MR) is 97.9 cm³/mol. The Bertz CT molecular complexity index is 625. The number of amides is 1. The first-order valence-corrected chi connectivity index (χ1v) is 7.51. The molecule has 8 nitrogen and oxygen atoms in total. The number of nitrogens with one attached hydrogen (secondary N) is 3. The van der Waals surface area contributed by atoms with Crippen molar-refractivity contribution in [3.05, 3.63) is 43.0 Å². The third kappa shape index (κ3) is 6.49. The van der Waals surface area contributed by atoms with Gasteiger partial charge >= 0.3 is 0 Å². The smallest absolute Gasteiger partial charge is 0.221 e. The Morgan fingerprint density at radius 3 is 2.83 bits per heavy atom. The summed E-state index contributed by atoms with van der Waals surface area (Å²) in [7, 11) is 3.62. The number of carbonyl (C=O) groups excluding carboxylic acids is 1. The zero-order valence-electron chi connectivity index (χ0n) is 14.3. The van der Waals surface area contributed by atoms with Crippen molar-refractivity contribution in [2.24, 2.45) is 16.0 Å². The maximum Gasteiger partial charge on any atom is 0.221 e. The highest BCUT2D eigenvalue weighted by molar-refractivity contribution is 5.90. The van der Waals surface area contributed by atoms with Gasteiger partial charge in [0.2, 0.25) is 5.91 Å².